The molecule has 0 aliphatic carbocycles. The maximum absolute atomic E-state index is 12.4. The van der Waals surface area contributed by atoms with E-state index in [0.717, 1.165) is 11.3 Å². The second-order valence-corrected chi connectivity index (χ2v) is 5.10. The first-order valence-corrected chi connectivity index (χ1v) is 7.72. The zero-order chi connectivity index (χ0) is 17.6. The van der Waals surface area contributed by atoms with E-state index in [9.17, 15) is 4.79 Å². The molecule has 0 atom stereocenters. The number of methoxy groups -OCH3 is 1. The van der Waals surface area contributed by atoms with Gasteiger partial charge in [0.2, 0.25) is 5.82 Å². The van der Waals surface area contributed by atoms with Crippen LogP contribution in [0.3, 0.4) is 0 Å². The number of nitrogens with one attached hydrogen (secondary N) is 1. The van der Waals surface area contributed by atoms with Gasteiger partial charge in [0.05, 0.1) is 13.7 Å². The molecule has 1 amide bonds. The van der Waals surface area contributed by atoms with Gasteiger partial charge in [-0.25, -0.2) is 4.63 Å². The van der Waals surface area contributed by atoms with Crippen molar-refractivity contribution in [2.24, 2.45) is 0 Å². The number of hydrogen-bond acceptors (Lipinski definition) is 6. The van der Waals surface area contributed by atoms with Crippen LogP contribution >= 0.6 is 0 Å². The smallest absolute Gasteiger partial charge is 0.256 e. The molecule has 3 rings (SSSR count). The molecule has 2 aromatic carbocycles. The van der Waals surface area contributed by atoms with Gasteiger partial charge in [0, 0.05) is 11.1 Å². The van der Waals surface area contributed by atoms with Gasteiger partial charge in [0.15, 0.2) is 5.69 Å². The normalized spacial score (nSPS) is 10.3. The van der Waals surface area contributed by atoms with E-state index in [2.05, 4.69) is 15.6 Å². The Kier molecular flexibility index (Phi) is 4.94. The summed E-state index contributed by atoms with van der Waals surface area (Å²) in [4.78, 5) is 12.4. The molecular formula is C18H17N3O4. The Hall–Kier alpha value is -3.35. The fourth-order valence-electron chi connectivity index (χ4n) is 2.26. The largest absolute Gasteiger partial charge is 0.497 e. The minimum atomic E-state index is -0.312. The lowest BCUT2D eigenvalue weighted by atomic mass is 10.1. The van der Waals surface area contributed by atoms with E-state index in [1.165, 1.54) is 0 Å². The fraction of sp³-hybridized carbons (Fsp3) is 0.167. The number of aromatic nitrogens is 2. The van der Waals surface area contributed by atoms with Crippen LogP contribution in [0.2, 0.25) is 0 Å². The Bertz CT molecular complexity index is 842. The monoisotopic (exact) mass is 339 g/mol. The van der Waals surface area contributed by atoms with Crippen molar-refractivity contribution in [3.63, 3.8) is 0 Å². The van der Waals surface area contributed by atoms with E-state index >= 15 is 0 Å². The minimum Gasteiger partial charge on any atom is -0.497 e. The molecule has 3 aromatic rings. The molecule has 0 bridgehead atoms. The average molecular weight is 339 g/mol. The number of ether oxygens (including phenoxy) is 2. The molecule has 0 fully saturated rings. The summed E-state index contributed by atoms with van der Waals surface area (Å²) in [5.74, 6) is 1.37. The van der Waals surface area contributed by atoms with Gasteiger partial charge in [-0.15, -0.1) is 0 Å². The van der Waals surface area contributed by atoms with E-state index in [1.807, 2.05) is 19.1 Å². The first-order valence-electron chi connectivity index (χ1n) is 7.72. The first-order chi connectivity index (χ1) is 12.2. The molecule has 1 aromatic heterocycles. The van der Waals surface area contributed by atoms with E-state index in [0.29, 0.717) is 23.6 Å². The third kappa shape index (κ3) is 3.77. The van der Waals surface area contributed by atoms with Crippen LogP contribution in [0.5, 0.6) is 11.5 Å². The quantitative estimate of drug-likeness (QED) is 0.741. The highest BCUT2D eigenvalue weighted by atomic mass is 16.6. The molecule has 1 heterocycles. The molecule has 128 valence electrons. The number of hydrogen-bond donors (Lipinski definition) is 1. The summed E-state index contributed by atoms with van der Waals surface area (Å²) in [5.41, 5.74) is 1.68. The van der Waals surface area contributed by atoms with Crippen LogP contribution in [0.25, 0.3) is 11.3 Å². The summed E-state index contributed by atoms with van der Waals surface area (Å²) >= 11 is 0. The van der Waals surface area contributed by atoms with Gasteiger partial charge in [-0.3, -0.25) is 4.79 Å². The van der Waals surface area contributed by atoms with Gasteiger partial charge in [-0.1, -0.05) is 0 Å². The van der Waals surface area contributed by atoms with E-state index in [1.54, 1.807) is 43.5 Å². The van der Waals surface area contributed by atoms with Crippen LogP contribution in [-0.2, 0) is 0 Å². The molecule has 0 saturated heterocycles. The third-order valence-electron chi connectivity index (χ3n) is 3.51. The van der Waals surface area contributed by atoms with Gasteiger partial charge in [0.1, 0.15) is 11.5 Å². The molecule has 1 N–H and O–H groups in total. The first kappa shape index (κ1) is 16.5. The molecule has 0 radical (unpaired) electrons. The predicted octanol–water partition coefficient (Wildman–Crippen LogP) is 3.40. The lowest BCUT2D eigenvalue weighted by Gasteiger charge is -2.06. The summed E-state index contributed by atoms with van der Waals surface area (Å²) in [7, 11) is 1.59. The zero-order valence-electron chi connectivity index (χ0n) is 13.9. The summed E-state index contributed by atoms with van der Waals surface area (Å²) in [6.07, 6.45) is 0. The summed E-state index contributed by atoms with van der Waals surface area (Å²) in [6.45, 7) is 2.47. The number of anilines is 1. The fourth-order valence-corrected chi connectivity index (χ4v) is 2.26. The summed E-state index contributed by atoms with van der Waals surface area (Å²) in [5, 5.41) is 10.3. The van der Waals surface area contributed by atoms with E-state index in [4.69, 9.17) is 14.1 Å². The number of benzene rings is 2. The predicted molar refractivity (Wildman–Crippen MR) is 91.9 cm³/mol. The number of carbonyl (C=O) groups excluding carboxylic acids is 1. The maximum atomic E-state index is 12.4. The van der Waals surface area contributed by atoms with Crippen LogP contribution in [0, 0.1) is 0 Å². The molecule has 7 heteroatoms. The highest BCUT2D eigenvalue weighted by Gasteiger charge is 2.16. The van der Waals surface area contributed by atoms with Crippen molar-refractivity contribution in [1.82, 2.24) is 10.3 Å². The van der Waals surface area contributed by atoms with Crippen LogP contribution in [0.1, 0.15) is 17.3 Å². The number of carbonyl (C=O) groups is 1. The second-order valence-electron chi connectivity index (χ2n) is 5.10. The van der Waals surface area contributed by atoms with Gasteiger partial charge < -0.3 is 14.8 Å². The Balaban J connectivity index is 1.76. The Morgan fingerprint density at radius 1 is 1.04 bits per heavy atom. The van der Waals surface area contributed by atoms with Gasteiger partial charge >= 0.3 is 0 Å². The lowest BCUT2D eigenvalue weighted by molar-refractivity contribution is 0.102. The minimum absolute atomic E-state index is 0.254. The molecule has 0 aliphatic rings. The topological polar surface area (TPSA) is 86.5 Å². The van der Waals surface area contributed by atoms with E-state index < -0.39 is 0 Å². The van der Waals surface area contributed by atoms with Gasteiger partial charge in [-0.05, 0) is 65.8 Å². The second kappa shape index (κ2) is 7.48. The summed E-state index contributed by atoms with van der Waals surface area (Å²) < 4.78 is 15.3. The third-order valence-corrected chi connectivity index (χ3v) is 3.51. The number of nitrogens with zero attached hydrogens (tertiary/aromatic N) is 2. The van der Waals surface area contributed by atoms with Crippen molar-refractivity contribution >= 4 is 11.7 Å². The molecule has 25 heavy (non-hydrogen) atoms. The SMILES string of the molecule is CCOc1ccc(C(=O)Nc2nonc2-c2ccc(OC)cc2)cc1. The van der Waals surface area contributed by atoms with Crippen LogP contribution in [0.4, 0.5) is 5.82 Å². The number of rotatable bonds is 6. The zero-order valence-corrected chi connectivity index (χ0v) is 13.9. The molecule has 0 aliphatic heterocycles. The highest BCUT2D eigenvalue weighted by Crippen LogP contribution is 2.26. The van der Waals surface area contributed by atoms with E-state index in [-0.39, 0.29) is 11.7 Å². The molecule has 7 nitrogen and oxygen atoms in total. The van der Waals surface area contributed by atoms with Crippen molar-refractivity contribution in [3.8, 4) is 22.8 Å². The van der Waals surface area contributed by atoms with Crippen molar-refractivity contribution in [1.29, 1.82) is 0 Å². The van der Waals surface area contributed by atoms with Gasteiger partial charge in [0.25, 0.3) is 5.91 Å². The van der Waals surface area contributed by atoms with Crippen LogP contribution in [-0.4, -0.2) is 29.9 Å². The molecule has 0 spiro atoms. The Morgan fingerprint density at radius 3 is 2.36 bits per heavy atom. The van der Waals surface area contributed by atoms with Crippen molar-refractivity contribution in [3.05, 3.63) is 54.1 Å². The molecule has 0 saturated carbocycles. The molecular weight excluding hydrogens is 322 g/mol. The van der Waals surface area contributed by atoms with Crippen molar-refractivity contribution < 1.29 is 18.9 Å². The van der Waals surface area contributed by atoms with Crippen LogP contribution in [0.15, 0.2) is 53.2 Å². The van der Waals surface area contributed by atoms with Crippen molar-refractivity contribution in [2.75, 3.05) is 19.0 Å². The summed E-state index contributed by atoms with van der Waals surface area (Å²) in [6, 6.07) is 14.1. The Morgan fingerprint density at radius 2 is 1.72 bits per heavy atom. The maximum Gasteiger partial charge on any atom is 0.256 e. The van der Waals surface area contributed by atoms with Crippen LogP contribution < -0.4 is 14.8 Å². The molecule has 0 unspecified atom stereocenters. The highest BCUT2D eigenvalue weighted by molar-refractivity contribution is 6.05. The standard InChI is InChI=1S/C18H17N3O4/c1-3-24-15-10-6-13(7-11-15)18(22)19-17-16(20-25-21-17)12-4-8-14(23-2)9-5-12/h4-11H,3H2,1-2H3,(H,19,21,22). The van der Waals surface area contributed by atoms with Crippen molar-refractivity contribution in [2.45, 2.75) is 6.92 Å². The number of amides is 1. The Labute approximate surface area is 144 Å². The average Bonchev–Trinajstić information content (AvgIpc) is 3.10. The lowest BCUT2D eigenvalue weighted by Crippen LogP contribution is -2.12. The van der Waals surface area contributed by atoms with Gasteiger partial charge in [-0.2, -0.15) is 0 Å².